The molecule has 1 heterocycles. The maximum Gasteiger partial charge on any atom is 0.263 e. The van der Waals surface area contributed by atoms with Gasteiger partial charge in [0.2, 0.25) is 0 Å². The number of hydrazone groups is 1. The molecule has 2 aromatic rings. The third-order valence-corrected chi connectivity index (χ3v) is 2.27. The van der Waals surface area contributed by atoms with Crippen LogP contribution >= 0.6 is 0 Å². The summed E-state index contributed by atoms with van der Waals surface area (Å²) >= 11 is 0. The number of ether oxygens (including phenoxy) is 1. The fourth-order valence-electron chi connectivity index (χ4n) is 1.36. The van der Waals surface area contributed by atoms with E-state index in [1.807, 2.05) is 12.1 Å². The number of benzene rings is 1. The Kier molecular flexibility index (Phi) is 4.22. The fraction of sp³-hybridized carbons (Fsp3) is 0.182. The summed E-state index contributed by atoms with van der Waals surface area (Å²) in [6, 6.07) is 7.22. The van der Waals surface area contributed by atoms with Crippen LogP contribution in [0.2, 0.25) is 0 Å². The molecule has 0 aliphatic carbocycles. The van der Waals surface area contributed by atoms with Gasteiger partial charge in [-0.05, 0) is 35.0 Å². The first-order valence-electron chi connectivity index (χ1n) is 5.66. The quantitative estimate of drug-likeness (QED) is 0.556. The predicted molar refractivity (Wildman–Crippen MR) is 71.0 cm³/mol. The van der Waals surface area contributed by atoms with Crippen LogP contribution in [0.3, 0.4) is 0 Å². The van der Waals surface area contributed by atoms with E-state index in [4.69, 9.17) is 10.5 Å². The average molecular weight is 275 g/mol. The number of hydrogen-bond acceptors (Lipinski definition) is 7. The lowest BCUT2D eigenvalue weighted by Crippen LogP contribution is -2.24. The number of nitrogens with one attached hydrogen (secondary N) is 1. The van der Waals surface area contributed by atoms with Crippen LogP contribution in [0.25, 0.3) is 0 Å². The maximum atomic E-state index is 11.5. The number of aromatic nitrogens is 4. The fourth-order valence-corrected chi connectivity index (χ4v) is 1.36. The van der Waals surface area contributed by atoms with Crippen molar-refractivity contribution < 1.29 is 9.53 Å². The van der Waals surface area contributed by atoms with Crippen LogP contribution < -0.4 is 15.9 Å². The highest BCUT2D eigenvalue weighted by atomic mass is 16.5. The van der Waals surface area contributed by atoms with Crippen molar-refractivity contribution in [2.75, 3.05) is 12.8 Å². The van der Waals surface area contributed by atoms with Crippen molar-refractivity contribution in [1.82, 2.24) is 25.6 Å². The number of amides is 1. The van der Waals surface area contributed by atoms with Gasteiger partial charge in [-0.15, -0.1) is 5.10 Å². The van der Waals surface area contributed by atoms with Crippen LogP contribution in [0.15, 0.2) is 29.4 Å². The Morgan fingerprint density at radius 2 is 2.25 bits per heavy atom. The van der Waals surface area contributed by atoms with E-state index in [0.29, 0.717) is 0 Å². The molecule has 9 heteroatoms. The summed E-state index contributed by atoms with van der Waals surface area (Å²) < 4.78 is 5.03. The number of carbonyl (C=O) groups excluding carboxylic acids is 1. The summed E-state index contributed by atoms with van der Waals surface area (Å²) in [5.41, 5.74) is 8.45. The Morgan fingerprint density at radius 1 is 1.50 bits per heavy atom. The van der Waals surface area contributed by atoms with Gasteiger partial charge in [0.05, 0.1) is 13.3 Å². The second kappa shape index (κ2) is 6.27. The molecule has 1 aromatic carbocycles. The summed E-state index contributed by atoms with van der Waals surface area (Å²) in [4.78, 5) is 12.6. The topological polar surface area (TPSA) is 120 Å². The number of methoxy groups -OCH3 is 1. The first kappa shape index (κ1) is 13.5. The van der Waals surface area contributed by atoms with Crippen LogP contribution in [0.1, 0.15) is 5.56 Å². The number of nitrogens with two attached hydrogens (primary N) is 1. The van der Waals surface area contributed by atoms with Gasteiger partial charge in [-0.3, -0.25) is 4.79 Å². The summed E-state index contributed by atoms with van der Waals surface area (Å²) in [6.07, 6.45) is 1.51. The molecule has 9 nitrogen and oxygen atoms in total. The van der Waals surface area contributed by atoms with E-state index in [-0.39, 0.29) is 18.4 Å². The SMILES string of the molecule is COc1ccc(/C=N\NC(=O)Cn2nnc(N)n2)cc1. The van der Waals surface area contributed by atoms with Gasteiger partial charge in [0.1, 0.15) is 12.3 Å². The minimum Gasteiger partial charge on any atom is -0.497 e. The van der Waals surface area contributed by atoms with E-state index >= 15 is 0 Å². The second-order valence-corrected chi connectivity index (χ2v) is 3.74. The molecule has 2 rings (SSSR count). The molecule has 1 amide bonds. The standard InChI is InChI=1S/C11H13N7O2/c1-20-9-4-2-8(3-5-9)6-13-14-10(19)7-18-16-11(12)15-17-18/h2-6H,7H2,1H3,(H2,12,16)(H,14,19)/b13-6-. The zero-order chi connectivity index (χ0) is 14.4. The van der Waals surface area contributed by atoms with Crippen molar-refractivity contribution in [3.8, 4) is 5.75 Å². The van der Waals surface area contributed by atoms with Crippen LogP contribution in [0.4, 0.5) is 5.95 Å². The molecule has 0 bridgehead atoms. The van der Waals surface area contributed by atoms with Crippen molar-refractivity contribution in [2.24, 2.45) is 5.10 Å². The Morgan fingerprint density at radius 3 is 2.85 bits per heavy atom. The van der Waals surface area contributed by atoms with Crippen molar-refractivity contribution in [2.45, 2.75) is 6.54 Å². The number of carbonyl (C=O) groups is 1. The van der Waals surface area contributed by atoms with E-state index in [1.165, 1.54) is 6.21 Å². The molecule has 1 aromatic heterocycles. The van der Waals surface area contributed by atoms with E-state index in [2.05, 4.69) is 25.9 Å². The highest BCUT2D eigenvalue weighted by Crippen LogP contribution is 2.09. The van der Waals surface area contributed by atoms with E-state index in [9.17, 15) is 4.79 Å². The molecule has 0 saturated carbocycles. The smallest absolute Gasteiger partial charge is 0.263 e. The largest absolute Gasteiger partial charge is 0.497 e. The monoisotopic (exact) mass is 275 g/mol. The number of anilines is 1. The Balaban J connectivity index is 1.84. The van der Waals surface area contributed by atoms with E-state index in [1.54, 1.807) is 19.2 Å². The molecule has 0 fully saturated rings. The zero-order valence-electron chi connectivity index (χ0n) is 10.7. The Bertz CT molecular complexity index is 605. The van der Waals surface area contributed by atoms with Crippen molar-refractivity contribution in [1.29, 1.82) is 0 Å². The van der Waals surface area contributed by atoms with Crippen LogP contribution in [0, 0.1) is 0 Å². The highest BCUT2D eigenvalue weighted by Gasteiger charge is 2.04. The Hall–Kier alpha value is -2.97. The van der Waals surface area contributed by atoms with E-state index < -0.39 is 0 Å². The third-order valence-electron chi connectivity index (χ3n) is 2.27. The van der Waals surface area contributed by atoms with E-state index in [0.717, 1.165) is 16.1 Å². The van der Waals surface area contributed by atoms with Gasteiger partial charge in [0.15, 0.2) is 0 Å². The number of nitrogen functional groups attached to an aromatic ring is 1. The van der Waals surface area contributed by atoms with Gasteiger partial charge in [0, 0.05) is 0 Å². The number of rotatable bonds is 5. The molecular formula is C11H13N7O2. The predicted octanol–water partition coefficient (Wildman–Crippen LogP) is -0.586. The molecular weight excluding hydrogens is 262 g/mol. The third kappa shape index (κ3) is 3.77. The Labute approximate surface area is 114 Å². The van der Waals surface area contributed by atoms with Crippen LogP contribution in [-0.2, 0) is 11.3 Å². The van der Waals surface area contributed by atoms with Crippen molar-refractivity contribution in [3.63, 3.8) is 0 Å². The number of nitrogens with zero attached hydrogens (tertiary/aromatic N) is 5. The summed E-state index contributed by atoms with van der Waals surface area (Å²) in [5, 5.41) is 14.5. The minimum atomic E-state index is -0.382. The first-order chi connectivity index (χ1) is 9.67. The molecule has 104 valence electrons. The maximum absolute atomic E-state index is 11.5. The highest BCUT2D eigenvalue weighted by molar-refractivity contribution is 5.82. The zero-order valence-corrected chi connectivity index (χ0v) is 10.7. The number of tetrazole rings is 1. The van der Waals surface area contributed by atoms with Crippen LogP contribution in [0.5, 0.6) is 5.75 Å². The minimum absolute atomic E-state index is 0.0135. The normalized spacial score (nSPS) is 10.7. The van der Waals surface area contributed by atoms with Crippen molar-refractivity contribution in [3.05, 3.63) is 29.8 Å². The lowest BCUT2D eigenvalue weighted by atomic mass is 10.2. The lowest BCUT2D eigenvalue weighted by Gasteiger charge is -1.99. The molecule has 0 spiro atoms. The summed E-state index contributed by atoms with van der Waals surface area (Å²) in [5.74, 6) is 0.382. The molecule has 0 radical (unpaired) electrons. The first-order valence-corrected chi connectivity index (χ1v) is 5.66. The molecule has 20 heavy (non-hydrogen) atoms. The molecule has 0 atom stereocenters. The molecule has 0 aliphatic heterocycles. The molecule has 0 saturated heterocycles. The van der Waals surface area contributed by atoms with Gasteiger partial charge in [-0.1, -0.05) is 5.10 Å². The summed E-state index contributed by atoms with van der Waals surface area (Å²) in [6.45, 7) is -0.107. The lowest BCUT2D eigenvalue weighted by molar-refractivity contribution is -0.122. The van der Waals surface area contributed by atoms with Gasteiger partial charge in [-0.25, -0.2) is 5.43 Å². The number of hydrogen-bond donors (Lipinski definition) is 2. The molecule has 3 N–H and O–H groups in total. The molecule has 0 aliphatic rings. The van der Waals surface area contributed by atoms with Crippen molar-refractivity contribution >= 4 is 18.1 Å². The average Bonchev–Trinajstić information content (AvgIpc) is 2.85. The summed E-state index contributed by atoms with van der Waals surface area (Å²) in [7, 11) is 1.59. The van der Waals surface area contributed by atoms with Gasteiger partial charge < -0.3 is 10.5 Å². The second-order valence-electron chi connectivity index (χ2n) is 3.74. The van der Waals surface area contributed by atoms with Gasteiger partial charge in [0.25, 0.3) is 11.9 Å². The molecule has 0 unspecified atom stereocenters. The van der Waals surface area contributed by atoms with Crippen LogP contribution in [-0.4, -0.2) is 39.4 Å². The van der Waals surface area contributed by atoms with Gasteiger partial charge >= 0.3 is 0 Å². The van der Waals surface area contributed by atoms with Gasteiger partial charge in [-0.2, -0.15) is 9.90 Å².